The number of nitrogens with zero attached hydrogens (tertiary/aromatic N) is 1. The molecule has 1 aliphatic rings. The third-order valence-corrected chi connectivity index (χ3v) is 4.52. The summed E-state index contributed by atoms with van der Waals surface area (Å²) in [5.74, 6) is -0.821. The molecule has 9 heteroatoms. The van der Waals surface area contributed by atoms with Gasteiger partial charge in [0.2, 0.25) is 5.91 Å². The molecule has 3 rings (SSSR count). The van der Waals surface area contributed by atoms with E-state index in [-0.39, 0.29) is 23.3 Å². The van der Waals surface area contributed by atoms with Crippen LogP contribution in [0.3, 0.4) is 0 Å². The molecule has 1 aromatic carbocycles. The number of ether oxygens (including phenoxy) is 1. The van der Waals surface area contributed by atoms with E-state index in [0.717, 1.165) is 0 Å². The van der Waals surface area contributed by atoms with Gasteiger partial charge in [-0.05, 0) is 49.6 Å². The molecule has 0 bridgehead atoms. The fraction of sp³-hybridized carbons (Fsp3) is 0.368. The van der Waals surface area contributed by atoms with Gasteiger partial charge in [0.1, 0.15) is 11.8 Å². The third kappa shape index (κ3) is 4.65. The number of nitrogens with one attached hydrogen (secondary N) is 1. The Hall–Kier alpha value is -2.97. The van der Waals surface area contributed by atoms with Crippen molar-refractivity contribution >= 4 is 11.8 Å². The lowest BCUT2D eigenvalue weighted by atomic mass is 10.1. The maximum Gasteiger partial charge on any atom is 0.573 e. The number of amides is 2. The van der Waals surface area contributed by atoms with Crippen LogP contribution >= 0.6 is 0 Å². The minimum absolute atomic E-state index is 0.174. The van der Waals surface area contributed by atoms with Crippen LogP contribution in [0.15, 0.2) is 47.1 Å². The van der Waals surface area contributed by atoms with Crippen LogP contribution in [0.4, 0.5) is 13.2 Å². The largest absolute Gasteiger partial charge is 0.573 e. The number of hydrogen-bond donors (Lipinski definition) is 1. The molecule has 2 heterocycles. The molecule has 1 saturated heterocycles. The molecule has 2 unspecified atom stereocenters. The van der Waals surface area contributed by atoms with E-state index in [0.29, 0.717) is 24.9 Å². The predicted molar refractivity (Wildman–Crippen MR) is 92.4 cm³/mol. The molecule has 28 heavy (non-hydrogen) atoms. The number of halogens is 3. The van der Waals surface area contributed by atoms with Crippen LogP contribution in [0.5, 0.6) is 5.75 Å². The number of rotatable bonds is 5. The number of carbonyl (C=O) groups is 2. The Morgan fingerprint density at radius 1 is 1.25 bits per heavy atom. The molecule has 2 amide bonds. The second kappa shape index (κ2) is 7.95. The standard InChI is InChI=1S/C19H19F3N2O4/c1-12(13-6-8-14(9-7-13)28-19(20,21)22)23-17(25)15-4-2-10-24(15)18(26)16-5-3-11-27-16/h3,5-9,11-12,15H,2,4,10H2,1H3,(H,23,25). The first-order valence-corrected chi connectivity index (χ1v) is 8.75. The van der Waals surface area contributed by atoms with Crippen molar-refractivity contribution in [3.8, 4) is 5.75 Å². The third-order valence-electron chi connectivity index (χ3n) is 4.52. The first-order valence-electron chi connectivity index (χ1n) is 8.75. The number of hydrogen-bond acceptors (Lipinski definition) is 4. The summed E-state index contributed by atoms with van der Waals surface area (Å²) in [6.45, 7) is 2.17. The van der Waals surface area contributed by atoms with Crippen LogP contribution in [-0.4, -0.2) is 35.7 Å². The Labute approximate surface area is 159 Å². The molecule has 6 nitrogen and oxygen atoms in total. The van der Waals surface area contributed by atoms with Gasteiger partial charge < -0.3 is 19.4 Å². The molecule has 2 atom stereocenters. The number of likely N-dealkylation sites (tertiary alicyclic amines) is 1. The van der Waals surface area contributed by atoms with E-state index in [1.165, 1.54) is 35.4 Å². The van der Waals surface area contributed by atoms with Gasteiger partial charge in [-0.25, -0.2) is 0 Å². The van der Waals surface area contributed by atoms with Gasteiger partial charge in [-0.2, -0.15) is 0 Å². The zero-order chi connectivity index (χ0) is 20.3. The fourth-order valence-electron chi connectivity index (χ4n) is 3.18. The minimum Gasteiger partial charge on any atom is -0.459 e. The van der Waals surface area contributed by atoms with E-state index in [4.69, 9.17) is 4.42 Å². The molecule has 0 aliphatic carbocycles. The van der Waals surface area contributed by atoms with Crippen LogP contribution in [0.2, 0.25) is 0 Å². The lowest BCUT2D eigenvalue weighted by Gasteiger charge is -2.25. The first kappa shape index (κ1) is 19.8. The van der Waals surface area contributed by atoms with E-state index in [9.17, 15) is 22.8 Å². The van der Waals surface area contributed by atoms with Crippen molar-refractivity contribution in [2.75, 3.05) is 6.54 Å². The maximum absolute atomic E-state index is 12.7. The summed E-state index contributed by atoms with van der Waals surface area (Å²) < 4.78 is 45.6. The molecular formula is C19H19F3N2O4. The van der Waals surface area contributed by atoms with Crippen molar-refractivity contribution in [1.29, 1.82) is 0 Å². The Kier molecular flexibility index (Phi) is 5.62. The van der Waals surface area contributed by atoms with Crippen LogP contribution < -0.4 is 10.1 Å². The molecule has 2 aromatic rings. The van der Waals surface area contributed by atoms with Crippen LogP contribution in [0.1, 0.15) is 41.9 Å². The smallest absolute Gasteiger partial charge is 0.459 e. The quantitative estimate of drug-likeness (QED) is 0.837. The van der Waals surface area contributed by atoms with Gasteiger partial charge in [-0.3, -0.25) is 9.59 Å². The van der Waals surface area contributed by atoms with Gasteiger partial charge in [-0.15, -0.1) is 13.2 Å². The molecule has 0 saturated carbocycles. The predicted octanol–water partition coefficient (Wildman–Crippen LogP) is 3.66. The number of carbonyl (C=O) groups excluding carboxylic acids is 2. The van der Waals surface area contributed by atoms with E-state index >= 15 is 0 Å². The van der Waals surface area contributed by atoms with Gasteiger partial charge in [-0.1, -0.05) is 12.1 Å². The maximum atomic E-state index is 12.7. The van der Waals surface area contributed by atoms with Gasteiger partial charge in [0.05, 0.1) is 12.3 Å². The Morgan fingerprint density at radius 3 is 2.57 bits per heavy atom. The van der Waals surface area contributed by atoms with E-state index < -0.39 is 18.4 Å². The molecule has 1 aromatic heterocycles. The zero-order valence-corrected chi connectivity index (χ0v) is 15.0. The van der Waals surface area contributed by atoms with Crippen molar-refractivity contribution in [3.63, 3.8) is 0 Å². The van der Waals surface area contributed by atoms with Gasteiger partial charge in [0.25, 0.3) is 5.91 Å². The first-order chi connectivity index (χ1) is 13.2. The highest BCUT2D eigenvalue weighted by atomic mass is 19.4. The van der Waals surface area contributed by atoms with Crippen LogP contribution in [0, 0.1) is 0 Å². The van der Waals surface area contributed by atoms with Gasteiger partial charge in [0.15, 0.2) is 5.76 Å². The minimum atomic E-state index is -4.76. The van der Waals surface area contributed by atoms with Gasteiger partial charge >= 0.3 is 6.36 Å². The second-order valence-electron chi connectivity index (χ2n) is 6.48. The van der Waals surface area contributed by atoms with Gasteiger partial charge in [0, 0.05) is 6.54 Å². The summed E-state index contributed by atoms with van der Waals surface area (Å²) in [4.78, 5) is 26.6. The SMILES string of the molecule is CC(NC(=O)C1CCCN1C(=O)c1ccco1)c1ccc(OC(F)(F)F)cc1. The number of benzene rings is 1. The van der Waals surface area contributed by atoms with Crippen LogP contribution in [0.25, 0.3) is 0 Å². The van der Waals surface area contributed by atoms with Crippen molar-refractivity contribution in [1.82, 2.24) is 10.2 Å². The van der Waals surface area contributed by atoms with Crippen molar-refractivity contribution in [2.24, 2.45) is 0 Å². The highest BCUT2D eigenvalue weighted by Gasteiger charge is 2.36. The number of alkyl halides is 3. The summed E-state index contributed by atoms with van der Waals surface area (Å²) >= 11 is 0. The van der Waals surface area contributed by atoms with Crippen LogP contribution in [-0.2, 0) is 4.79 Å². The van der Waals surface area contributed by atoms with E-state index in [1.54, 1.807) is 19.1 Å². The number of furan rings is 1. The Morgan fingerprint density at radius 2 is 1.96 bits per heavy atom. The van der Waals surface area contributed by atoms with Crippen molar-refractivity contribution < 1.29 is 31.9 Å². The Balaban J connectivity index is 1.62. The topological polar surface area (TPSA) is 71.8 Å². The van der Waals surface area contributed by atoms with E-state index in [1.807, 2.05) is 0 Å². The van der Waals surface area contributed by atoms with E-state index in [2.05, 4.69) is 10.1 Å². The monoisotopic (exact) mass is 396 g/mol. The molecule has 0 radical (unpaired) electrons. The average Bonchev–Trinajstić information content (AvgIpc) is 3.32. The second-order valence-corrected chi connectivity index (χ2v) is 6.48. The molecular weight excluding hydrogens is 377 g/mol. The fourth-order valence-corrected chi connectivity index (χ4v) is 3.18. The molecule has 1 N–H and O–H groups in total. The van der Waals surface area contributed by atoms with Crippen molar-refractivity contribution in [2.45, 2.75) is 38.2 Å². The Bertz CT molecular complexity index is 819. The summed E-state index contributed by atoms with van der Waals surface area (Å²) in [5.41, 5.74) is 0.616. The summed E-state index contributed by atoms with van der Waals surface area (Å²) in [6.07, 6.45) is -2.13. The highest BCUT2D eigenvalue weighted by Crippen LogP contribution is 2.25. The summed E-state index contributed by atoms with van der Waals surface area (Å²) in [5, 5.41) is 2.81. The molecule has 1 fully saturated rings. The highest BCUT2D eigenvalue weighted by molar-refractivity contribution is 5.96. The summed E-state index contributed by atoms with van der Waals surface area (Å²) in [7, 11) is 0. The lowest BCUT2D eigenvalue weighted by Crippen LogP contribution is -2.46. The molecule has 0 spiro atoms. The molecule has 150 valence electrons. The van der Waals surface area contributed by atoms with Crippen molar-refractivity contribution in [3.05, 3.63) is 54.0 Å². The lowest BCUT2D eigenvalue weighted by molar-refractivity contribution is -0.274. The zero-order valence-electron chi connectivity index (χ0n) is 15.0. The normalized spacial score (nSPS) is 18.0. The molecule has 1 aliphatic heterocycles. The summed E-state index contributed by atoms with van der Waals surface area (Å²) in [6, 6.07) is 7.36. The average molecular weight is 396 g/mol.